The SMILES string of the molecule is CC(CCl)CS(=O)(=O)NCCN. The van der Waals surface area contributed by atoms with E-state index in [1.54, 1.807) is 6.92 Å². The van der Waals surface area contributed by atoms with Gasteiger partial charge in [0, 0.05) is 19.0 Å². The second-order valence-electron chi connectivity index (χ2n) is 2.72. The van der Waals surface area contributed by atoms with E-state index in [1.807, 2.05) is 0 Å². The minimum absolute atomic E-state index is 0.0260. The summed E-state index contributed by atoms with van der Waals surface area (Å²) in [6, 6.07) is 0. The summed E-state index contributed by atoms with van der Waals surface area (Å²) in [6.07, 6.45) is 0. The molecule has 1 atom stereocenters. The van der Waals surface area contributed by atoms with Gasteiger partial charge in [0.2, 0.25) is 10.0 Å². The summed E-state index contributed by atoms with van der Waals surface area (Å²) in [5.41, 5.74) is 5.15. The molecule has 12 heavy (non-hydrogen) atoms. The molecule has 6 heteroatoms. The minimum atomic E-state index is -3.17. The molecular weight excluding hydrogens is 200 g/mol. The Morgan fingerprint density at radius 3 is 2.58 bits per heavy atom. The summed E-state index contributed by atoms with van der Waals surface area (Å²) in [7, 11) is -3.17. The molecule has 0 aromatic carbocycles. The fourth-order valence-corrected chi connectivity index (χ4v) is 2.34. The lowest BCUT2D eigenvalue weighted by molar-refractivity contribution is 0.569. The smallest absolute Gasteiger partial charge is 0.211 e. The van der Waals surface area contributed by atoms with E-state index in [9.17, 15) is 8.42 Å². The predicted molar refractivity (Wildman–Crippen MR) is 50.7 cm³/mol. The molecule has 0 fully saturated rings. The van der Waals surface area contributed by atoms with Gasteiger partial charge in [-0.2, -0.15) is 0 Å². The van der Waals surface area contributed by atoms with Crippen LogP contribution < -0.4 is 10.5 Å². The monoisotopic (exact) mass is 214 g/mol. The Balaban J connectivity index is 3.88. The first-order valence-electron chi connectivity index (χ1n) is 3.75. The van der Waals surface area contributed by atoms with Gasteiger partial charge in [0.05, 0.1) is 5.75 Å². The van der Waals surface area contributed by atoms with Crippen LogP contribution in [0.1, 0.15) is 6.92 Å². The summed E-state index contributed by atoms with van der Waals surface area (Å²) >= 11 is 5.48. The lowest BCUT2D eigenvalue weighted by Crippen LogP contribution is -2.33. The molecule has 0 aromatic heterocycles. The largest absolute Gasteiger partial charge is 0.329 e. The van der Waals surface area contributed by atoms with Crippen molar-refractivity contribution in [1.29, 1.82) is 0 Å². The van der Waals surface area contributed by atoms with Gasteiger partial charge in [-0.05, 0) is 5.92 Å². The van der Waals surface area contributed by atoms with Gasteiger partial charge in [-0.3, -0.25) is 0 Å². The second kappa shape index (κ2) is 5.75. The number of hydrogen-bond donors (Lipinski definition) is 2. The van der Waals surface area contributed by atoms with Crippen LogP contribution >= 0.6 is 11.6 Å². The molecular formula is C6H15ClN2O2S. The van der Waals surface area contributed by atoms with E-state index in [0.717, 1.165) is 0 Å². The molecule has 0 bridgehead atoms. The Kier molecular flexibility index (Phi) is 5.82. The molecule has 0 heterocycles. The van der Waals surface area contributed by atoms with Crippen LogP contribution in [0.5, 0.6) is 0 Å². The standard InChI is InChI=1S/C6H15ClN2O2S/c1-6(4-7)5-12(10,11)9-3-2-8/h6,9H,2-5,8H2,1H3. The molecule has 0 aliphatic heterocycles. The number of rotatable bonds is 6. The fraction of sp³-hybridized carbons (Fsp3) is 1.00. The Bertz CT molecular complexity index is 206. The number of halogens is 1. The zero-order valence-electron chi connectivity index (χ0n) is 7.09. The highest BCUT2D eigenvalue weighted by Crippen LogP contribution is 2.01. The first-order valence-corrected chi connectivity index (χ1v) is 5.94. The predicted octanol–water partition coefficient (Wildman–Crippen LogP) is -0.261. The quantitative estimate of drug-likeness (QED) is 0.599. The zero-order valence-corrected chi connectivity index (χ0v) is 8.66. The van der Waals surface area contributed by atoms with E-state index < -0.39 is 10.0 Å². The minimum Gasteiger partial charge on any atom is -0.329 e. The molecule has 3 N–H and O–H groups in total. The third-order valence-corrected chi connectivity index (χ3v) is 3.41. The highest BCUT2D eigenvalue weighted by Gasteiger charge is 2.13. The third-order valence-electron chi connectivity index (χ3n) is 1.23. The van der Waals surface area contributed by atoms with Crippen molar-refractivity contribution in [3.05, 3.63) is 0 Å². The number of hydrogen-bond acceptors (Lipinski definition) is 3. The molecule has 0 saturated carbocycles. The van der Waals surface area contributed by atoms with Crippen LogP contribution in [-0.4, -0.2) is 33.1 Å². The zero-order chi connectivity index (χ0) is 9.61. The van der Waals surface area contributed by atoms with Gasteiger partial charge >= 0.3 is 0 Å². The second-order valence-corrected chi connectivity index (χ2v) is 4.88. The van der Waals surface area contributed by atoms with Crippen LogP contribution in [0.25, 0.3) is 0 Å². The van der Waals surface area contributed by atoms with Gasteiger partial charge in [-0.25, -0.2) is 13.1 Å². The topological polar surface area (TPSA) is 72.2 Å². The van der Waals surface area contributed by atoms with E-state index in [1.165, 1.54) is 0 Å². The Labute approximate surface area is 78.5 Å². The van der Waals surface area contributed by atoms with Crippen LogP contribution in [0.3, 0.4) is 0 Å². The van der Waals surface area contributed by atoms with Gasteiger partial charge in [-0.1, -0.05) is 6.92 Å². The first-order chi connectivity index (χ1) is 5.52. The van der Waals surface area contributed by atoms with E-state index in [4.69, 9.17) is 17.3 Å². The van der Waals surface area contributed by atoms with Crippen molar-refractivity contribution in [3.8, 4) is 0 Å². The van der Waals surface area contributed by atoms with Gasteiger partial charge in [0.15, 0.2) is 0 Å². The van der Waals surface area contributed by atoms with Crippen LogP contribution in [0.4, 0.5) is 0 Å². The van der Waals surface area contributed by atoms with Crippen molar-refractivity contribution in [1.82, 2.24) is 4.72 Å². The Morgan fingerprint density at radius 2 is 2.17 bits per heavy atom. The maximum atomic E-state index is 11.1. The van der Waals surface area contributed by atoms with Crippen LogP contribution in [0, 0.1) is 5.92 Å². The number of sulfonamides is 1. The molecule has 4 nitrogen and oxygen atoms in total. The maximum Gasteiger partial charge on any atom is 0.211 e. The lowest BCUT2D eigenvalue weighted by Gasteiger charge is -2.08. The molecule has 0 amide bonds. The van der Waals surface area contributed by atoms with Crippen molar-refractivity contribution in [2.24, 2.45) is 11.7 Å². The normalized spacial score (nSPS) is 14.6. The Morgan fingerprint density at radius 1 is 1.58 bits per heavy atom. The van der Waals surface area contributed by atoms with Crippen LogP contribution in [-0.2, 0) is 10.0 Å². The van der Waals surface area contributed by atoms with Crippen molar-refractivity contribution in [2.45, 2.75) is 6.92 Å². The summed E-state index contributed by atoms with van der Waals surface area (Å²) in [5.74, 6) is 0.391. The molecule has 0 saturated heterocycles. The molecule has 0 radical (unpaired) electrons. The first kappa shape index (κ1) is 12.2. The van der Waals surface area contributed by atoms with Crippen molar-refractivity contribution >= 4 is 21.6 Å². The van der Waals surface area contributed by atoms with E-state index in [2.05, 4.69) is 4.72 Å². The lowest BCUT2D eigenvalue weighted by atomic mass is 10.3. The summed E-state index contributed by atoms with van der Waals surface area (Å²) in [5, 5.41) is 0. The summed E-state index contributed by atoms with van der Waals surface area (Å²) < 4.78 is 24.6. The average molecular weight is 215 g/mol. The maximum absolute atomic E-state index is 11.1. The number of nitrogens with two attached hydrogens (primary N) is 1. The van der Waals surface area contributed by atoms with Crippen LogP contribution in [0.2, 0.25) is 0 Å². The number of nitrogens with one attached hydrogen (secondary N) is 1. The van der Waals surface area contributed by atoms with E-state index >= 15 is 0 Å². The van der Waals surface area contributed by atoms with Gasteiger partial charge in [0.25, 0.3) is 0 Å². The molecule has 0 aromatic rings. The Hall–Kier alpha value is 0.160. The van der Waals surface area contributed by atoms with Gasteiger partial charge < -0.3 is 5.73 Å². The van der Waals surface area contributed by atoms with E-state index in [0.29, 0.717) is 12.4 Å². The van der Waals surface area contributed by atoms with Crippen LogP contribution in [0.15, 0.2) is 0 Å². The summed E-state index contributed by atoms with van der Waals surface area (Å²) in [6.45, 7) is 2.39. The molecule has 0 spiro atoms. The van der Waals surface area contributed by atoms with Crippen molar-refractivity contribution in [3.63, 3.8) is 0 Å². The molecule has 0 rings (SSSR count). The molecule has 74 valence electrons. The van der Waals surface area contributed by atoms with Crippen molar-refractivity contribution in [2.75, 3.05) is 24.7 Å². The van der Waals surface area contributed by atoms with Crippen molar-refractivity contribution < 1.29 is 8.42 Å². The highest BCUT2D eigenvalue weighted by atomic mass is 35.5. The average Bonchev–Trinajstić information content (AvgIpc) is 2.00. The van der Waals surface area contributed by atoms with Gasteiger partial charge in [0.1, 0.15) is 0 Å². The third kappa shape index (κ3) is 5.77. The fourth-order valence-electron chi connectivity index (χ4n) is 0.692. The van der Waals surface area contributed by atoms with Gasteiger partial charge in [-0.15, -0.1) is 11.6 Å². The molecule has 0 aliphatic carbocycles. The number of alkyl halides is 1. The summed E-state index contributed by atoms with van der Waals surface area (Å²) in [4.78, 5) is 0. The molecule has 0 aliphatic rings. The van der Waals surface area contributed by atoms with E-state index in [-0.39, 0.29) is 18.2 Å². The molecule has 1 unspecified atom stereocenters. The highest BCUT2D eigenvalue weighted by molar-refractivity contribution is 7.89.